The lowest BCUT2D eigenvalue weighted by atomic mass is 10.1. The zero-order valence-electron chi connectivity index (χ0n) is 20.8. The molecule has 0 aromatic heterocycles. The Bertz CT molecular complexity index is 1550. The van der Waals surface area contributed by atoms with E-state index >= 15 is 0 Å². The summed E-state index contributed by atoms with van der Waals surface area (Å²) >= 11 is 0. The molecule has 38 heavy (non-hydrogen) atoms. The lowest BCUT2D eigenvalue weighted by molar-refractivity contribution is 0.0526. The standard InChI is InChI=1S/C29H28N2O6S/c1-2-37-29(34)24-15-23(28(33)30-26(19-32)14-20-8-4-3-5-9-20)17-27(18-24)38(35,36)31-25-13-12-21-10-6-7-11-22(21)16-25/h3-13,15-18,26,31-32H,2,14,19H2,1H3,(H,30,33)/t26-/m0/s1. The fourth-order valence-corrected chi connectivity index (χ4v) is 5.13. The minimum atomic E-state index is -4.18. The van der Waals surface area contributed by atoms with Crippen molar-refractivity contribution in [1.82, 2.24) is 5.32 Å². The second-order valence-electron chi connectivity index (χ2n) is 8.68. The Morgan fingerprint density at radius 2 is 1.55 bits per heavy atom. The maximum atomic E-state index is 13.3. The topological polar surface area (TPSA) is 122 Å². The van der Waals surface area contributed by atoms with Crippen LogP contribution in [0, 0.1) is 0 Å². The van der Waals surface area contributed by atoms with E-state index in [4.69, 9.17) is 4.74 Å². The number of aliphatic hydroxyl groups excluding tert-OH is 1. The molecule has 4 aromatic rings. The molecular weight excluding hydrogens is 504 g/mol. The highest BCUT2D eigenvalue weighted by atomic mass is 32.2. The minimum Gasteiger partial charge on any atom is -0.462 e. The molecule has 196 valence electrons. The van der Waals surface area contributed by atoms with Gasteiger partial charge in [0, 0.05) is 11.3 Å². The summed E-state index contributed by atoms with van der Waals surface area (Å²) in [5.74, 6) is -1.39. The summed E-state index contributed by atoms with van der Waals surface area (Å²) in [6.45, 7) is 1.38. The molecule has 0 aliphatic heterocycles. The molecule has 4 aromatic carbocycles. The molecule has 8 nitrogen and oxygen atoms in total. The van der Waals surface area contributed by atoms with Gasteiger partial charge in [-0.25, -0.2) is 13.2 Å². The molecule has 3 N–H and O–H groups in total. The van der Waals surface area contributed by atoms with Gasteiger partial charge in [0.05, 0.1) is 29.7 Å². The lowest BCUT2D eigenvalue weighted by Gasteiger charge is -2.17. The molecule has 9 heteroatoms. The molecule has 0 saturated heterocycles. The van der Waals surface area contributed by atoms with E-state index in [0.29, 0.717) is 12.1 Å². The average molecular weight is 533 g/mol. The lowest BCUT2D eigenvalue weighted by Crippen LogP contribution is -2.39. The van der Waals surface area contributed by atoms with Gasteiger partial charge in [-0.2, -0.15) is 0 Å². The number of nitrogens with one attached hydrogen (secondary N) is 2. The van der Waals surface area contributed by atoms with Crippen molar-refractivity contribution in [3.05, 3.63) is 108 Å². The quantitative estimate of drug-likeness (QED) is 0.264. The highest BCUT2D eigenvalue weighted by Gasteiger charge is 2.22. The molecule has 0 aliphatic carbocycles. The Hall–Kier alpha value is -4.21. The van der Waals surface area contributed by atoms with Gasteiger partial charge < -0.3 is 15.2 Å². The fraction of sp³-hybridized carbons (Fsp3) is 0.172. The Balaban J connectivity index is 1.64. The van der Waals surface area contributed by atoms with Crippen molar-refractivity contribution in [1.29, 1.82) is 0 Å². The average Bonchev–Trinajstić information content (AvgIpc) is 2.92. The first-order chi connectivity index (χ1) is 18.3. The number of benzene rings is 4. The first kappa shape index (κ1) is 26.8. The van der Waals surface area contributed by atoms with Gasteiger partial charge in [0.2, 0.25) is 0 Å². The number of amides is 1. The number of aliphatic hydroxyl groups is 1. The Morgan fingerprint density at radius 3 is 2.26 bits per heavy atom. The van der Waals surface area contributed by atoms with Gasteiger partial charge in [-0.3, -0.25) is 9.52 Å². The van der Waals surface area contributed by atoms with Crippen molar-refractivity contribution in [2.24, 2.45) is 0 Å². The second-order valence-corrected chi connectivity index (χ2v) is 10.4. The van der Waals surface area contributed by atoms with Crippen LogP contribution in [0.15, 0.2) is 95.9 Å². The van der Waals surface area contributed by atoms with Crippen LogP contribution in [0.4, 0.5) is 5.69 Å². The van der Waals surface area contributed by atoms with Crippen LogP contribution in [0.5, 0.6) is 0 Å². The van der Waals surface area contributed by atoms with Crippen LogP contribution < -0.4 is 10.0 Å². The smallest absolute Gasteiger partial charge is 0.338 e. The van der Waals surface area contributed by atoms with Crippen molar-refractivity contribution in [2.75, 3.05) is 17.9 Å². The van der Waals surface area contributed by atoms with Crippen LogP contribution in [0.3, 0.4) is 0 Å². The zero-order valence-corrected chi connectivity index (χ0v) is 21.6. The van der Waals surface area contributed by atoms with E-state index in [1.54, 1.807) is 25.1 Å². The van der Waals surface area contributed by atoms with Gasteiger partial charge in [0.25, 0.3) is 15.9 Å². The minimum absolute atomic E-state index is 0.0547. The first-order valence-electron chi connectivity index (χ1n) is 12.1. The summed E-state index contributed by atoms with van der Waals surface area (Å²) in [5.41, 5.74) is 1.11. The predicted molar refractivity (Wildman–Crippen MR) is 146 cm³/mol. The summed E-state index contributed by atoms with van der Waals surface area (Å²) in [6.07, 6.45) is 0.370. The summed E-state index contributed by atoms with van der Waals surface area (Å²) in [4.78, 5) is 25.4. The highest BCUT2D eigenvalue weighted by Crippen LogP contribution is 2.23. The van der Waals surface area contributed by atoms with Crippen molar-refractivity contribution in [2.45, 2.75) is 24.3 Å². The summed E-state index contributed by atoms with van der Waals surface area (Å²) in [7, 11) is -4.18. The van der Waals surface area contributed by atoms with Crippen molar-refractivity contribution < 1.29 is 27.9 Å². The number of hydrogen-bond acceptors (Lipinski definition) is 6. The van der Waals surface area contributed by atoms with Crippen molar-refractivity contribution in [3.8, 4) is 0 Å². The number of esters is 1. The van der Waals surface area contributed by atoms with Crippen LogP contribution in [-0.4, -0.2) is 44.7 Å². The van der Waals surface area contributed by atoms with E-state index in [0.717, 1.165) is 16.3 Å². The Kier molecular flexibility index (Phi) is 8.40. The van der Waals surface area contributed by atoms with Crippen LogP contribution in [0.2, 0.25) is 0 Å². The number of sulfonamides is 1. The molecule has 0 bridgehead atoms. The van der Waals surface area contributed by atoms with Gasteiger partial charge in [-0.15, -0.1) is 0 Å². The van der Waals surface area contributed by atoms with Gasteiger partial charge in [-0.05, 0) is 60.0 Å². The number of carbonyl (C=O) groups is 2. The maximum absolute atomic E-state index is 13.3. The van der Waals surface area contributed by atoms with Crippen molar-refractivity contribution >= 4 is 38.4 Å². The van der Waals surface area contributed by atoms with E-state index in [1.165, 1.54) is 18.2 Å². The summed E-state index contributed by atoms with van der Waals surface area (Å²) < 4.78 is 34.2. The largest absolute Gasteiger partial charge is 0.462 e. The third kappa shape index (κ3) is 6.56. The molecule has 0 unspecified atom stereocenters. The van der Waals surface area contributed by atoms with Gasteiger partial charge in [0.15, 0.2) is 0 Å². The van der Waals surface area contributed by atoms with E-state index in [9.17, 15) is 23.1 Å². The molecule has 1 amide bonds. The second kappa shape index (κ2) is 11.9. The van der Waals surface area contributed by atoms with E-state index in [1.807, 2.05) is 54.6 Å². The number of carbonyl (C=O) groups excluding carboxylic acids is 2. The van der Waals surface area contributed by atoms with Crippen molar-refractivity contribution in [3.63, 3.8) is 0 Å². The number of hydrogen-bond donors (Lipinski definition) is 3. The third-order valence-electron chi connectivity index (χ3n) is 5.87. The predicted octanol–water partition coefficient (Wildman–Crippen LogP) is 4.15. The molecule has 4 rings (SSSR count). The van der Waals surface area contributed by atoms with E-state index in [2.05, 4.69) is 10.0 Å². The monoisotopic (exact) mass is 532 g/mol. The fourth-order valence-electron chi connectivity index (χ4n) is 4.01. The molecule has 0 radical (unpaired) electrons. The Morgan fingerprint density at radius 1 is 0.868 bits per heavy atom. The number of ether oxygens (including phenoxy) is 1. The first-order valence-corrected chi connectivity index (χ1v) is 13.6. The van der Waals surface area contributed by atoms with E-state index < -0.39 is 27.9 Å². The number of rotatable bonds is 10. The molecular formula is C29H28N2O6S. The van der Waals surface area contributed by atoms with Crippen LogP contribution in [-0.2, 0) is 21.2 Å². The maximum Gasteiger partial charge on any atom is 0.338 e. The van der Waals surface area contributed by atoms with E-state index in [-0.39, 0.29) is 29.2 Å². The molecule has 0 heterocycles. The van der Waals surface area contributed by atoms with Crippen LogP contribution >= 0.6 is 0 Å². The highest BCUT2D eigenvalue weighted by molar-refractivity contribution is 7.92. The van der Waals surface area contributed by atoms with Gasteiger partial charge in [-0.1, -0.05) is 60.7 Å². The Labute approximate surface area is 221 Å². The number of anilines is 1. The molecule has 0 fully saturated rings. The molecule has 0 aliphatic rings. The summed E-state index contributed by atoms with van der Waals surface area (Å²) in [6, 6.07) is 25.0. The van der Waals surface area contributed by atoms with Gasteiger partial charge >= 0.3 is 5.97 Å². The van der Waals surface area contributed by atoms with Gasteiger partial charge in [0.1, 0.15) is 0 Å². The van der Waals surface area contributed by atoms with Crippen LogP contribution in [0.1, 0.15) is 33.2 Å². The third-order valence-corrected chi connectivity index (χ3v) is 7.23. The molecule has 0 saturated carbocycles. The molecule has 0 spiro atoms. The SMILES string of the molecule is CCOC(=O)c1cc(C(=O)N[C@H](CO)Cc2ccccc2)cc(S(=O)(=O)Nc2ccc3ccccc3c2)c1. The number of fused-ring (bicyclic) bond motifs is 1. The molecule has 1 atom stereocenters. The summed E-state index contributed by atoms with van der Waals surface area (Å²) in [5, 5.41) is 14.3. The van der Waals surface area contributed by atoms with Crippen LogP contribution in [0.25, 0.3) is 10.8 Å². The normalized spacial score (nSPS) is 12.1. The zero-order chi connectivity index (χ0) is 27.1.